The van der Waals surface area contributed by atoms with Crippen molar-refractivity contribution in [1.29, 1.82) is 0 Å². The number of aryl methyl sites for hydroxylation is 2. The van der Waals surface area contributed by atoms with E-state index in [1.807, 2.05) is 6.92 Å². The standard InChI is InChI=1S/C12H19N3O4/c1-4-10-9(7-15(2)14-10)12(18)13-6-8(19-3)5-11(16)17/h7-8H,4-6H2,1-3H3,(H,13,18)(H,16,17). The van der Waals surface area contributed by atoms with E-state index in [0.717, 1.165) is 0 Å². The molecule has 0 radical (unpaired) electrons. The number of carboxylic acid groups (broad SMARTS) is 1. The summed E-state index contributed by atoms with van der Waals surface area (Å²) in [6, 6.07) is 0. The zero-order valence-electron chi connectivity index (χ0n) is 11.3. The Labute approximate surface area is 111 Å². The number of hydrogen-bond acceptors (Lipinski definition) is 4. The number of carboxylic acids is 1. The molecule has 0 bridgehead atoms. The van der Waals surface area contributed by atoms with Gasteiger partial charge >= 0.3 is 5.97 Å². The highest BCUT2D eigenvalue weighted by atomic mass is 16.5. The molecule has 2 N–H and O–H groups in total. The zero-order chi connectivity index (χ0) is 14.4. The lowest BCUT2D eigenvalue weighted by Crippen LogP contribution is -2.34. The largest absolute Gasteiger partial charge is 0.481 e. The molecular formula is C12H19N3O4. The van der Waals surface area contributed by atoms with E-state index < -0.39 is 12.1 Å². The number of carbonyl (C=O) groups excluding carboxylic acids is 1. The highest BCUT2D eigenvalue weighted by Gasteiger charge is 2.17. The van der Waals surface area contributed by atoms with E-state index in [1.54, 1.807) is 17.9 Å². The molecule has 1 unspecified atom stereocenters. The summed E-state index contributed by atoms with van der Waals surface area (Å²) >= 11 is 0. The molecule has 106 valence electrons. The molecule has 0 fully saturated rings. The Kier molecular flexibility index (Phi) is 5.50. The van der Waals surface area contributed by atoms with Gasteiger partial charge in [-0.25, -0.2) is 0 Å². The van der Waals surface area contributed by atoms with Gasteiger partial charge in [0.25, 0.3) is 5.91 Å². The summed E-state index contributed by atoms with van der Waals surface area (Å²) in [5.74, 6) is -1.23. The quantitative estimate of drug-likeness (QED) is 0.737. The molecule has 0 aliphatic heterocycles. The average molecular weight is 269 g/mol. The van der Waals surface area contributed by atoms with Crippen LogP contribution in [-0.2, 0) is 23.0 Å². The van der Waals surface area contributed by atoms with Gasteiger partial charge in [-0.3, -0.25) is 14.3 Å². The third-order valence-electron chi connectivity index (χ3n) is 2.71. The fraction of sp³-hybridized carbons (Fsp3) is 0.583. The van der Waals surface area contributed by atoms with Gasteiger partial charge in [0, 0.05) is 26.9 Å². The zero-order valence-corrected chi connectivity index (χ0v) is 11.3. The SMILES string of the molecule is CCc1nn(C)cc1C(=O)NCC(CC(=O)O)OC. The number of aromatic nitrogens is 2. The Morgan fingerprint density at radius 2 is 2.26 bits per heavy atom. The number of aliphatic carboxylic acids is 1. The van der Waals surface area contributed by atoms with Crippen molar-refractivity contribution >= 4 is 11.9 Å². The highest BCUT2D eigenvalue weighted by Crippen LogP contribution is 2.07. The Hall–Kier alpha value is -1.89. The summed E-state index contributed by atoms with van der Waals surface area (Å²) in [5.41, 5.74) is 1.22. The minimum absolute atomic E-state index is 0.148. The van der Waals surface area contributed by atoms with E-state index in [4.69, 9.17) is 9.84 Å². The first kappa shape index (κ1) is 15.2. The number of amides is 1. The molecular weight excluding hydrogens is 250 g/mol. The van der Waals surface area contributed by atoms with E-state index in [1.165, 1.54) is 7.11 Å². The lowest BCUT2D eigenvalue weighted by Gasteiger charge is -2.13. The minimum Gasteiger partial charge on any atom is -0.481 e. The van der Waals surface area contributed by atoms with E-state index >= 15 is 0 Å². The van der Waals surface area contributed by atoms with Crippen LogP contribution in [0.4, 0.5) is 0 Å². The maximum atomic E-state index is 12.0. The van der Waals surface area contributed by atoms with Gasteiger partial charge in [0.1, 0.15) is 0 Å². The average Bonchev–Trinajstić information content (AvgIpc) is 2.74. The van der Waals surface area contributed by atoms with Crippen molar-refractivity contribution in [3.05, 3.63) is 17.5 Å². The third kappa shape index (κ3) is 4.36. The predicted octanol–water partition coefficient (Wildman–Crippen LogP) is 0.202. The van der Waals surface area contributed by atoms with E-state index in [9.17, 15) is 9.59 Å². The monoisotopic (exact) mass is 269 g/mol. The molecule has 19 heavy (non-hydrogen) atoms. The number of hydrogen-bond donors (Lipinski definition) is 2. The second-order valence-corrected chi connectivity index (χ2v) is 4.18. The van der Waals surface area contributed by atoms with Gasteiger partial charge in [-0.15, -0.1) is 0 Å². The van der Waals surface area contributed by atoms with Crippen molar-refractivity contribution in [3.63, 3.8) is 0 Å². The van der Waals surface area contributed by atoms with Gasteiger partial charge in [-0.1, -0.05) is 6.92 Å². The van der Waals surface area contributed by atoms with Crippen LogP contribution in [0.5, 0.6) is 0 Å². The summed E-state index contributed by atoms with van der Waals surface area (Å²) in [6.45, 7) is 2.07. The molecule has 0 spiro atoms. The van der Waals surface area contributed by atoms with Crippen LogP contribution in [0, 0.1) is 0 Å². The highest BCUT2D eigenvalue weighted by molar-refractivity contribution is 5.95. The predicted molar refractivity (Wildman–Crippen MR) is 68.0 cm³/mol. The molecule has 1 rings (SSSR count). The number of methoxy groups -OCH3 is 1. The molecule has 7 heteroatoms. The van der Waals surface area contributed by atoms with Gasteiger partial charge in [-0.05, 0) is 6.42 Å². The van der Waals surface area contributed by atoms with Crippen LogP contribution >= 0.6 is 0 Å². The number of rotatable bonds is 7. The van der Waals surface area contributed by atoms with Crippen LogP contribution in [0.1, 0.15) is 29.4 Å². The van der Waals surface area contributed by atoms with Crippen LogP contribution in [0.15, 0.2) is 6.20 Å². The molecule has 1 atom stereocenters. The molecule has 1 aromatic rings. The minimum atomic E-state index is -0.961. The van der Waals surface area contributed by atoms with E-state index in [0.29, 0.717) is 17.7 Å². The second kappa shape index (κ2) is 6.89. The lowest BCUT2D eigenvalue weighted by atomic mass is 10.2. The normalized spacial score (nSPS) is 12.2. The van der Waals surface area contributed by atoms with Gasteiger partial charge in [-0.2, -0.15) is 5.10 Å². The molecule has 1 heterocycles. The Morgan fingerprint density at radius 3 is 2.79 bits per heavy atom. The fourth-order valence-electron chi connectivity index (χ4n) is 1.72. The molecule has 0 aliphatic carbocycles. The Morgan fingerprint density at radius 1 is 1.58 bits per heavy atom. The molecule has 1 amide bonds. The van der Waals surface area contributed by atoms with Crippen molar-refractivity contribution in [1.82, 2.24) is 15.1 Å². The van der Waals surface area contributed by atoms with Crippen molar-refractivity contribution < 1.29 is 19.4 Å². The first-order valence-corrected chi connectivity index (χ1v) is 6.03. The molecule has 7 nitrogen and oxygen atoms in total. The van der Waals surface area contributed by atoms with Gasteiger partial charge < -0.3 is 15.2 Å². The summed E-state index contributed by atoms with van der Waals surface area (Å²) < 4.78 is 6.57. The van der Waals surface area contributed by atoms with Gasteiger partial charge in [0.2, 0.25) is 0 Å². The van der Waals surface area contributed by atoms with E-state index in [2.05, 4.69) is 10.4 Å². The fourth-order valence-corrected chi connectivity index (χ4v) is 1.72. The van der Waals surface area contributed by atoms with Crippen LogP contribution in [0.3, 0.4) is 0 Å². The molecule has 0 saturated heterocycles. The van der Waals surface area contributed by atoms with Crippen LogP contribution in [-0.4, -0.2) is 46.5 Å². The number of nitrogens with one attached hydrogen (secondary N) is 1. The number of nitrogens with zero attached hydrogens (tertiary/aromatic N) is 2. The van der Waals surface area contributed by atoms with E-state index in [-0.39, 0.29) is 18.9 Å². The number of carbonyl (C=O) groups is 2. The van der Waals surface area contributed by atoms with Crippen LogP contribution < -0.4 is 5.32 Å². The maximum absolute atomic E-state index is 12.0. The van der Waals surface area contributed by atoms with Gasteiger partial charge in [0.05, 0.1) is 23.8 Å². The van der Waals surface area contributed by atoms with Crippen molar-refractivity contribution in [3.8, 4) is 0 Å². The maximum Gasteiger partial charge on any atom is 0.306 e. The van der Waals surface area contributed by atoms with Crippen LogP contribution in [0.2, 0.25) is 0 Å². The summed E-state index contributed by atoms with van der Waals surface area (Å²) in [7, 11) is 3.17. The summed E-state index contributed by atoms with van der Waals surface area (Å²) in [5, 5.41) is 15.5. The third-order valence-corrected chi connectivity index (χ3v) is 2.71. The second-order valence-electron chi connectivity index (χ2n) is 4.18. The molecule has 0 saturated carbocycles. The van der Waals surface area contributed by atoms with Gasteiger partial charge in [0.15, 0.2) is 0 Å². The molecule has 0 aromatic carbocycles. The van der Waals surface area contributed by atoms with Crippen LogP contribution in [0.25, 0.3) is 0 Å². The lowest BCUT2D eigenvalue weighted by molar-refractivity contribution is -0.139. The Bertz CT molecular complexity index is 456. The topological polar surface area (TPSA) is 93.5 Å². The van der Waals surface area contributed by atoms with Crippen molar-refractivity contribution in [2.24, 2.45) is 7.05 Å². The summed E-state index contributed by atoms with van der Waals surface area (Å²) in [4.78, 5) is 22.6. The van der Waals surface area contributed by atoms with Crippen molar-refractivity contribution in [2.75, 3.05) is 13.7 Å². The molecule has 0 aliphatic rings. The Balaban J connectivity index is 2.61. The first-order chi connectivity index (χ1) is 8.97. The smallest absolute Gasteiger partial charge is 0.306 e. The number of ether oxygens (including phenoxy) is 1. The molecule has 1 aromatic heterocycles. The van der Waals surface area contributed by atoms with Crippen molar-refractivity contribution in [2.45, 2.75) is 25.9 Å². The summed E-state index contributed by atoms with van der Waals surface area (Å²) in [6.07, 6.45) is 1.62. The first-order valence-electron chi connectivity index (χ1n) is 6.03.